The Kier molecular flexibility index (Phi) is 4.07. The Morgan fingerprint density at radius 2 is 1.79 bits per heavy atom. The van der Waals surface area contributed by atoms with Crippen LogP contribution in [0.25, 0.3) is 11.3 Å². The van der Waals surface area contributed by atoms with Crippen LogP contribution in [0.1, 0.15) is 21.1 Å². The van der Waals surface area contributed by atoms with E-state index in [4.69, 9.17) is 5.73 Å². The van der Waals surface area contributed by atoms with Crippen LogP contribution in [0.3, 0.4) is 0 Å². The molecule has 120 valence electrons. The summed E-state index contributed by atoms with van der Waals surface area (Å²) in [6.45, 7) is 0. The molecule has 0 unspecified atom stereocenters. The lowest BCUT2D eigenvalue weighted by Gasteiger charge is -2.04. The third-order valence-electron chi connectivity index (χ3n) is 3.39. The van der Waals surface area contributed by atoms with Crippen LogP contribution in [0.15, 0.2) is 54.7 Å². The maximum atomic E-state index is 12.3. The van der Waals surface area contributed by atoms with E-state index >= 15 is 0 Å². The van der Waals surface area contributed by atoms with Crippen LogP contribution >= 0.6 is 0 Å². The molecule has 3 N–H and O–H groups in total. The van der Waals surface area contributed by atoms with Gasteiger partial charge in [-0.05, 0) is 12.1 Å². The largest absolute Gasteiger partial charge is 0.363 e. The highest BCUT2D eigenvalue weighted by Gasteiger charge is 2.14. The fourth-order valence-corrected chi connectivity index (χ4v) is 2.27. The van der Waals surface area contributed by atoms with Gasteiger partial charge in [0, 0.05) is 18.8 Å². The van der Waals surface area contributed by atoms with Gasteiger partial charge in [-0.15, -0.1) is 0 Å². The van der Waals surface area contributed by atoms with Crippen molar-refractivity contribution in [1.82, 2.24) is 14.5 Å². The van der Waals surface area contributed by atoms with Crippen molar-refractivity contribution in [3.05, 3.63) is 66.2 Å². The van der Waals surface area contributed by atoms with Crippen LogP contribution in [-0.2, 0) is 7.05 Å². The van der Waals surface area contributed by atoms with Crippen LogP contribution < -0.4 is 11.1 Å². The van der Waals surface area contributed by atoms with Crippen molar-refractivity contribution >= 4 is 17.6 Å². The van der Waals surface area contributed by atoms with Gasteiger partial charge in [0.25, 0.3) is 11.8 Å². The first-order valence-corrected chi connectivity index (χ1v) is 7.21. The number of pyridine rings is 1. The molecule has 2 heterocycles. The Labute approximate surface area is 138 Å². The van der Waals surface area contributed by atoms with E-state index in [9.17, 15) is 9.59 Å². The molecule has 0 fully saturated rings. The van der Waals surface area contributed by atoms with Gasteiger partial charge < -0.3 is 15.6 Å². The normalized spacial score (nSPS) is 10.4. The number of aryl methyl sites for hydroxylation is 1. The van der Waals surface area contributed by atoms with E-state index < -0.39 is 11.8 Å². The SMILES string of the molecule is Cn1cc(NC(=O)c2cccc(-c3ccccc3)n2)nc1C(N)=O. The molecule has 1 aromatic carbocycles. The third kappa shape index (κ3) is 3.14. The van der Waals surface area contributed by atoms with Crippen molar-refractivity contribution in [1.29, 1.82) is 0 Å². The summed E-state index contributed by atoms with van der Waals surface area (Å²) in [7, 11) is 1.62. The van der Waals surface area contributed by atoms with Gasteiger partial charge in [0.1, 0.15) is 5.69 Å². The van der Waals surface area contributed by atoms with E-state index in [2.05, 4.69) is 15.3 Å². The molecule has 24 heavy (non-hydrogen) atoms. The maximum Gasteiger partial charge on any atom is 0.284 e. The quantitative estimate of drug-likeness (QED) is 0.765. The number of imidazole rings is 1. The number of nitrogens with two attached hydrogens (primary N) is 1. The number of amides is 2. The van der Waals surface area contributed by atoms with Crippen molar-refractivity contribution in [3.63, 3.8) is 0 Å². The molecule has 0 atom stereocenters. The van der Waals surface area contributed by atoms with Crippen molar-refractivity contribution in [2.45, 2.75) is 0 Å². The molecule has 0 aliphatic heterocycles. The molecule has 2 amide bonds. The fraction of sp³-hybridized carbons (Fsp3) is 0.0588. The minimum atomic E-state index is -0.665. The molecule has 3 rings (SSSR count). The molecule has 7 nitrogen and oxygen atoms in total. The summed E-state index contributed by atoms with van der Waals surface area (Å²) in [5, 5.41) is 2.61. The van der Waals surface area contributed by atoms with Crippen LogP contribution in [0.5, 0.6) is 0 Å². The number of nitrogens with one attached hydrogen (secondary N) is 1. The Bertz CT molecular complexity index is 902. The topological polar surface area (TPSA) is 103 Å². The maximum absolute atomic E-state index is 12.3. The smallest absolute Gasteiger partial charge is 0.284 e. The second kappa shape index (κ2) is 6.33. The highest BCUT2D eigenvalue weighted by atomic mass is 16.2. The van der Waals surface area contributed by atoms with Gasteiger partial charge in [-0.3, -0.25) is 9.59 Å². The average molecular weight is 321 g/mol. The molecule has 7 heteroatoms. The molecule has 0 bridgehead atoms. The van der Waals surface area contributed by atoms with Crippen LogP contribution in [0.4, 0.5) is 5.82 Å². The number of anilines is 1. The van der Waals surface area contributed by atoms with Gasteiger partial charge in [-0.25, -0.2) is 9.97 Å². The van der Waals surface area contributed by atoms with Gasteiger partial charge in [0.05, 0.1) is 5.69 Å². The number of rotatable bonds is 4. The minimum absolute atomic E-state index is 0.0660. The Morgan fingerprint density at radius 1 is 1.04 bits per heavy atom. The zero-order valence-corrected chi connectivity index (χ0v) is 12.9. The zero-order valence-electron chi connectivity index (χ0n) is 12.9. The number of hydrogen-bond donors (Lipinski definition) is 2. The molecule has 0 aliphatic carbocycles. The third-order valence-corrected chi connectivity index (χ3v) is 3.39. The van der Waals surface area contributed by atoms with E-state index in [1.54, 1.807) is 19.2 Å². The van der Waals surface area contributed by atoms with Gasteiger partial charge in [-0.2, -0.15) is 0 Å². The van der Waals surface area contributed by atoms with E-state index in [1.165, 1.54) is 10.8 Å². The van der Waals surface area contributed by atoms with E-state index in [0.29, 0.717) is 5.69 Å². The van der Waals surface area contributed by atoms with Crippen molar-refractivity contribution < 1.29 is 9.59 Å². The Morgan fingerprint density at radius 3 is 2.46 bits per heavy atom. The summed E-state index contributed by atoms with van der Waals surface area (Å²) in [4.78, 5) is 31.9. The van der Waals surface area contributed by atoms with E-state index in [0.717, 1.165) is 5.56 Å². The van der Waals surface area contributed by atoms with E-state index in [-0.39, 0.29) is 17.3 Å². The Hall–Kier alpha value is -3.48. The summed E-state index contributed by atoms with van der Waals surface area (Å²) < 4.78 is 1.45. The monoisotopic (exact) mass is 321 g/mol. The second-order valence-electron chi connectivity index (χ2n) is 5.15. The summed E-state index contributed by atoms with van der Waals surface area (Å²) in [6, 6.07) is 14.8. The van der Waals surface area contributed by atoms with Crippen LogP contribution in [-0.4, -0.2) is 26.3 Å². The summed E-state index contributed by atoms with van der Waals surface area (Å²) in [6.07, 6.45) is 1.51. The number of hydrogen-bond acceptors (Lipinski definition) is 4. The number of carbonyl (C=O) groups excluding carboxylic acids is 2. The molecule has 0 saturated carbocycles. The molecular weight excluding hydrogens is 306 g/mol. The first kappa shape index (κ1) is 15.4. The lowest BCUT2D eigenvalue weighted by atomic mass is 10.1. The standard InChI is InChI=1S/C17H15N5O2/c1-22-10-14(20-16(22)15(18)23)21-17(24)13-9-5-8-12(19-13)11-6-3-2-4-7-11/h2-10H,1H3,(H2,18,23)(H,21,24). The highest BCUT2D eigenvalue weighted by molar-refractivity contribution is 6.03. The summed E-state index contributed by atoms with van der Waals surface area (Å²) >= 11 is 0. The van der Waals surface area contributed by atoms with Crippen LogP contribution in [0.2, 0.25) is 0 Å². The lowest BCUT2D eigenvalue weighted by Crippen LogP contribution is -2.17. The van der Waals surface area contributed by atoms with Gasteiger partial charge in [0.2, 0.25) is 5.82 Å². The number of carbonyl (C=O) groups is 2. The summed E-state index contributed by atoms with van der Waals surface area (Å²) in [5.41, 5.74) is 7.07. The number of primary amides is 1. The van der Waals surface area contributed by atoms with Crippen molar-refractivity contribution in [2.24, 2.45) is 12.8 Å². The predicted molar refractivity (Wildman–Crippen MR) is 89.4 cm³/mol. The van der Waals surface area contributed by atoms with Crippen molar-refractivity contribution in [2.75, 3.05) is 5.32 Å². The van der Waals surface area contributed by atoms with E-state index in [1.807, 2.05) is 36.4 Å². The minimum Gasteiger partial charge on any atom is -0.363 e. The van der Waals surface area contributed by atoms with Crippen LogP contribution in [0, 0.1) is 0 Å². The zero-order chi connectivity index (χ0) is 17.1. The first-order valence-electron chi connectivity index (χ1n) is 7.21. The first-order chi connectivity index (χ1) is 11.5. The number of nitrogens with zero attached hydrogens (tertiary/aromatic N) is 3. The highest BCUT2D eigenvalue weighted by Crippen LogP contribution is 2.17. The molecule has 3 aromatic rings. The van der Waals surface area contributed by atoms with Gasteiger partial charge in [0.15, 0.2) is 5.82 Å². The average Bonchev–Trinajstić information content (AvgIpc) is 2.96. The number of benzene rings is 1. The molecule has 0 spiro atoms. The molecule has 0 aliphatic rings. The lowest BCUT2D eigenvalue weighted by molar-refractivity contribution is 0.0984. The number of aromatic nitrogens is 3. The van der Waals surface area contributed by atoms with Gasteiger partial charge >= 0.3 is 0 Å². The molecular formula is C17H15N5O2. The second-order valence-corrected chi connectivity index (χ2v) is 5.15. The van der Waals surface area contributed by atoms with Gasteiger partial charge in [-0.1, -0.05) is 36.4 Å². The fourth-order valence-electron chi connectivity index (χ4n) is 2.27. The molecule has 0 radical (unpaired) electrons. The van der Waals surface area contributed by atoms with Crippen molar-refractivity contribution in [3.8, 4) is 11.3 Å². The Balaban J connectivity index is 1.83. The molecule has 0 saturated heterocycles. The molecule has 2 aromatic heterocycles. The predicted octanol–water partition coefficient (Wildman–Crippen LogP) is 1.83. The summed E-state index contributed by atoms with van der Waals surface area (Å²) in [5.74, 6) is -0.774.